The van der Waals surface area contributed by atoms with Gasteiger partial charge < -0.3 is 15.0 Å². The molecule has 2 aromatic heterocycles. The number of hydrogen-bond acceptors (Lipinski definition) is 7. The lowest BCUT2D eigenvalue weighted by molar-refractivity contribution is -0.149. The van der Waals surface area contributed by atoms with Gasteiger partial charge in [-0.25, -0.2) is 14.5 Å². The highest BCUT2D eigenvalue weighted by Crippen LogP contribution is 2.48. The van der Waals surface area contributed by atoms with Crippen molar-refractivity contribution in [1.29, 1.82) is 0 Å². The first kappa shape index (κ1) is 25.4. The van der Waals surface area contributed by atoms with Gasteiger partial charge in [-0.1, -0.05) is 32.1 Å². The van der Waals surface area contributed by atoms with E-state index in [4.69, 9.17) is 4.74 Å². The van der Waals surface area contributed by atoms with Crippen molar-refractivity contribution in [3.05, 3.63) is 24.0 Å². The Balaban J connectivity index is 1.31. The van der Waals surface area contributed by atoms with Crippen molar-refractivity contribution in [3.8, 4) is 0 Å². The molecule has 0 bridgehead atoms. The Hall–Kier alpha value is -3.30. The van der Waals surface area contributed by atoms with Gasteiger partial charge in [-0.05, 0) is 50.2 Å². The number of aromatic nitrogens is 3. The molecule has 2 aromatic rings. The summed E-state index contributed by atoms with van der Waals surface area (Å²) in [5.74, 6) is -0.479. The molecule has 10 nitrogen and oxygen atoms in total. The number of pyridine rings is 1. The number of esters is 1. The monoisotopic (exact) mass is 509 g/mol. The second-order valence-corrected chi connectivity index (χ2v) is 10.6. The number of nitrogens with one attached hydrogen (secondary N) is 1. The number of carbonyl (C=O) groups is 4. The van der Waals surface area contributed by atoms with Crippen LogP contribution in [-0.2, 0) is 25.7 Å². The molecule has 0 radical (unpaired) electrons. The fraction of sp³-hybridized carbons (Fsp3) is 0.630. The van der Waals surface area contributed by atoms with Crippen LogP contribution in [-0.4, -0.2) is 68.0 Å². The molecule has 2 saturated carbocycles. The highest BCUT2D eigenvalue weighted by atomic mass is 16.5. The Bertz CT molecular complexity index is 1200. The second kappa shape index (κ2) is 10.6. The topological polar surface area (TPSA) is 123 Å². The summed E-state index contributed by atoms with van der Waals surface area (Å²) in [5.41, 5.74) is 0.736. The first-order valence-corrected chi connectivity index (χ1v) is 13.5. The quantitative estimate of drug-likeness (QED) is 0.407. The van der Waals surface area contributed by atoms with Crippen molar-refractivity contribution in [3.63, 3.8) is 0 Å². The molecule has 198 valence electrons. The van der Waals surface area contributed by atoms with Gasteiger partial charge in [0.2, 0.25) is 11.8 Å². The van der Waals surface area contributed by atoms with E-state index in [2.05, 4.69) is 15.4 Å². The summed E-state index contributed by atoms with van der Waals surface area (Å²) in [6, 6.07) is 2.16. The molecule has 3 aliphatic rings. The predicted molar refractivity (Wildman–Crippen MR) is 134 cm³/mol. The minimum Gasteiger partial charge on any atom is -0.464 e. The molecule has 5 rings (SSSR count). The SMILES string of the molecule is CCOC(=O)[C@H](CC1CCCCC1)NC(=O)[C@@H]1C[C@H]2C[C@H]2N1C(=O)Cn1nc(C(C)=O)c2cccnc21. The highest BCUT2D eigenvalue weighted by molar-refractivity contribution is 6.04. The van der Waals surface area contributed by atoms with Gasteiger partial charge in [0.15, 0.2) is 11.4 Å². The second-order valence-electron chi connectivity index (χ2n) is 10.6. The van der Waals surface area contributed by atoms with Gasteiger partial charge in [-0.2, -0.15) is 5.10 Å². The van der Waals surface area contributed by atoms with E-state index in [1.165, 1.54) is 18.0 Å². The summed E-state index contributed by atoms with van der Waals surface area (Å²) in [5, 5.41) is 7.90. The van der Waals surface area contributed by atoms with Crippen LogP contribution in [0.25, 0.3) is 11.0 Å². The summed E-state index contributed by atoms with van der Waals surface area (Å²) in [4.78, 5) is 57.7. The smallest absolute Gasteiger partial charge is 0.328 e. The molecular weight excluding hydrogens is 474 g/mol. The maximum absolute atomic E-state index is 13.5. The Labute approximate surface area is 216 Å². The largest absolute Gasteiger partial charge is 0.464 e. The molecule has 2 aliphatic carbocycles. The Morgan fingerprint density at radius 1 is 1.16 bits per heavy atom. The number of ether oxygens (including phenoxy) is 1. The van der Waals surface area contributed by atoms with Gasteiger partial charge >= 0.3 is 5.97 Å². The number of Topliss-reactive ketones (excluding diaryl/α,β-unsaturated/α-hetero) is 1. The van der Waals surface area contributed by atoms with Crippen molar-refractivity contribution >= 4 is 34.6 Å². The molecule has 0 spiro atoms. The molecule has 1 N–H and O–H groups in total. The van der Waals surface area contributed by atoms with Crippen LogP contribution in [0.3, 0.4) is 0 Å². The molecule has 1 aliphatic heterocycles. The van der Waals surface area contributed by atoms with Gasteiger partial charge in [0.1, 0.15) is 24.3 Å². The maximum Gasteiger partial charge on any atom is 0.328 e. The van der Waals surface area contributed by atoms with E-state index in [-0.39, 0.29) is 42.5 Å². The normalized spacial score (nSPS) is 23.9. The molecule has 37 heavy (non-hydrogen) atoms. The number of hydrogen-bond donors (Lipinski definition) is 1. The van der Waals surface area contributed by atoms with Crippen LogP contribution in [0, 0.1) is 11.8 Å². The van der Waals surface area contributed by atoms with Crippen LogP contribution in [0.2, 0.25) is 0 Å². The van der Waals surface area contributed by atoms with E-state index in [1.54, 1.807) is 30.2 Å². The third-order valence-corrected chi connectivity index (χ3v) is 8.00. The summed E-state index contributed by atoms with van der Waals surface area (Å²) < 4.78 is 6.72. The lowest BCUT2D eigenvalue weighted by atomic mass is 9.84. The first-order valence-electron chi connectivity index (χ1n) is 13.5. The van der Waals surface area contributed by atoms with Crippen molar-refractivity contribution in [1.82, 2.24) is 25.0 Å². The molecule has 0 aromatic carbocycles. The van der Waals surface area contributed by atoms with E-state index in [0.29, 0.717) is 35.7 Å². The van der Waals surface area contributed by atoms with Gasteiger partial charge in [0.05, 0.1) is 12.0 Å². The van der Waals surface area contributed by atoms with Crippen LogP contribution in [0.5, 0.6) is 0 Å². The van der Waals surface area contributed by atoms with Crippen molar-refractivity contribution in [2.75, 3.05) is 6.61 Å². The average molecular weight is 510 g/mol. The summed E-state index contributed by atoms with van der Waals surface area (Å²) in [6.45, 7) is 3.33. The number of amides is 2. The van der Waals surface area contributed by atoms with Crippen molar-refractivity contribution in [2.45, 2.75) is 89.9 Å². The standard InChI is InChI=1S/C27H35N5O5/c1-3-37-27(36)20(12-17-8-5-4-6-9-17)29-26(35)22-14-18-13-21(18)32(22)23(34)15-31-25-19(10-7-11-28-25)24(30-31)16(2)33/h7,10-11,17-18,20-22H,3-6,8-9,12-15H2,1-2H3,(H,29,35)/t18-,20+,21-,22+/m1/s1. The Kier molecular flexibility index (Phi) is 7.26. The zero-order chi connectivity index (χ0) is 26.1. The van der Waals surface area contributed by atoms with Gasteiger partial charge in [-0.15, -0.1) is 0 Å². The van der Waals surface area contributed by atoms with E-state index in [9.17, 15) is 19.2 Å². The van der Waals surface area contributed by atoms with Crippen molar-refractivity contribution < 1.29 is 23.9 Å². The number of carbonyl (C=O) groups excluding carboxylic acids is 4. The molecule has 3 fully saturated rings. The van der Waals surface area contributed by atoms with Crippen molar-refractivity contribution in [2.24, 2.45) is 11.8 Å². The zero-order valence-electron chi connectivity index (χ0n) is 21.5. The maximum atomic E-state index is 13.5. The van der Waals surface area contributed by atoms with E-state index < -0.39 is 18.1 Å². The molecule has 3 heterocycles. The molecule has 0 unspecified atom stereocenters. The zero-order valence-corrected chi connectivity index (χ0v) is 21.5. The Morgan fingerprint density at radius 3 is 2.68 bits per heavy atom. The average Bonchev–Trinajstić information content (AvgIpc) is 3.39. The molecule has 1 saturated heterocycles. The fourth-order valence-corrected chi connectivity index (χ4v) is 6.12. The fourth-order valence-electron chi connectivity index (χ4n) is 6.12. The molecule has 2 amide bonds. The minimum absolute atomic E-state index is 0.0182. The molecular formula is C27H35N5O5. The first-order chi connectivity index (χ1) is 17.9. The number of fused-ring (bicyclic) bond motifs is 2. The third-order valence-electron chi connectivity index (χ3n) is 8.00. The summed E-state index contributed by atoms with van der Waals surface area (Å²) in [6.07, 6.45) is 9.22. The molecule has 10 heteroatoms. The van der Waals surface area contributed by atoms with Crippen LogP contribution in [0.1, 0.15) is 75.7 Å². The summed E-state index contributed by atoms with van der Waals surface area (Å²) >= 11 is 0. The van der Waals surface area contributed by atoms with E-state index in [1.807, 2.05) is 0 Å². The Morgan fingerprint density at radius 2 is 1.95 bits per heavy atom. The summed E-state index contributed by atoms with van der Waals surface area (Å²) in [7, 11) is 0. The number of ketones is 1. The minimum atomic E-state index is -0.707. The number of likely N-dealkylation sites (tertiary alicyclic amines) is 1. The van der Waals surface area contributed by atoms with Gasteiger partial charge in [0.25, 0.3) is 0 Å². The number of piperidine rings is 1. The lowest BCUT2D eigenvalue weighted by Gasteiger charge is -2.30. The third kappa shape index (κ3) is 5.24. The molecule has 4 atom stereocenters. The number of nitrogens with zero attached hydrogens (tertiary/aromatic N) is 4. The number of rotatable bonds is 9. The van der Waals surface area contributed by atoms with E-state index >= 15 is 0 Å². The van der Waals surface area contributed by atoms with Gasteiger partial charge in [-0.3, -0.25) is 14.4 Å². The lowest BCUT2D eigenvalue weighted by Crippen LogP contribution is -2.53. The van der Waals surface area contributed by atoms with E-state index in [0.717, 1.165) is 32.1 Å². The van der Waals surface area contributed by atoms with Crippen LogP contribution < -0.4 is 5.32 Å². The van der Waals surface area contributed by atoms with Crippen LogP contribution in [0.4, 0.5) is 0 Å². The highest BCUT2D eigenvalue weighted by Gasteiger charge is 2.56. The van der Waals surface area contributed by atoms with Crippen LogP contribution >= 0.6 is 0 Å². The van der Waals surface area contributed by atoms with Gasteiger partial charge in [0, 0.05) is 19.2 Å². The van der Waals surface area contributed by atoms with Crippen LogP contribution in [0.15, 0.2) is 18.3 Å². The predicted octanol–water partition coefficient (Wildman–Crippen LogP) is 2.64.